The fourth-order valence-corrected chi connectivity index (χ4v) is 4.70. The van der Waals surface area contributed by atoms with Crippen molar-refractivity contribution in [3.63, 3.8) is 0 Å². The molecule has 0 aliphatic heterocycles. The first-order chi connectivity index (χ1) is 10.1. The lowest BCUT2D eigenvalue weighted by atomic mass is 9.84. The fourth-order valence-electron chi connectivity index (χ4n) is 3.97. The summed E-state index contributed by atoms with van der Waals surface area (Å²) in [5, 5.41) is 15.2. The molecule has 1 N–H and O–H groups in total. The molecule has 114 valence electrons. The number of amides is 1. The summed E-state index contributed by atoms with van der Waals surface area (Å²) in [6, 6.07) is 5.49. The standard InChI is InChI=1S/C16H22N2O2S/c1-11(14-9-12-5-6-13(14)8-12)17-15(19)10-21-16-4-2-3-7-18(16)20/h2-4,7,11-14H,5-6,8-10H2,1H3,(H,17,19)/t11-,12+,13+,14+/m1/s1. The van der Waals surface area contributed by atoms with Gasteiger partial charge in [-0.1, -0.05) is 6.42 Å². The Bertz CT molecular complexity index is 523. The van der Waals surface area contributed by atoms with Crippen LogP contribution in [0.5, 0.6) is 0 Å². The fraction of sp³-hybridized carbons (Fsp3) is 0.625. The molecule has 21 heavy (non-hydrogen) atoms. The van der Waals surface area contributed by atoms with Crippen LogP contribution in [0.15, 0.2) is 29.4 Å². The van der Waals surface area contributed by atoms with Gasteiger partial charge in [-0.2, -0.15) is 4.73 Å². The minimum atomic E-state index is 0.0270. The highest BCUT2D eigenvalue weighted by Crippen LogP contribution is 2.49. The highest BCUT2D eigenvalue weighted by molar-refractivity contribution is 7.99. The van der Waals surface area contributed by atoms with Crippen LogP contribution < -0.4 is 10.0 Å². The third-order valence-corrected chi connectivity index (χ3v) is 5.98. The zero-order valence-electron chi connectivity index (χ0n) is 12.3. The van der Waals surface area contributed by atoms with Crippen molar-refractivity contribution in [2.75, 3.05) is 5.75 Å². The summed E-state index contributed by atoms with van der Waals surface area (Å²) in [6.45, 7) is 2.13. The lowest BCUT2D eigenvalue weighted by Gasteiger charge is -2.28. The van der Waals surface area contributed by atoms with Gasteiger partial charge in [-0.25, -0.2) is 0 Å². The average molecular weight is 306 g/mol. The number of hydrogen-bond donors (Lipinski definition) is 1. The van der Waals surface area contributed by atoms with E-state index in [0.717, 1.165) is 16.6 Å². The number of aromatic nitrogens is 1. The first-order valence-corrected chi connectivity index (χ1v) is 8.72. The first kappa shape index (κ1) is 14.7. The lowest BCUT2D eigenvalue weighted by Crippen LogP contribution is -2.41. The van der Waals surface area contributed by atoms with Gasteiger partial charge in [-0.15, -0.1) is 0 Å². The Balaban J connectivity index is 1.47. The number of nitrogens with zero attached hydrogens (tertiary/aromatic N) is 1. The summed E-state index contributed by atoms with van der Waals surface area (Å²) in [6.07, 6.45) is 6.82. The Labute approximate surface area is 129 Å². The van der Waals surface area contributed by atoms with Crippen molar-refractivity contribution < 1.29 is 9.52 Å². The van der Waals surface area contributed by atoms with Gasteiger partial charge in [0.1, 0.15) is 0 Å². The van der Waals surface area contributed by atoms with Gasteiger partial charge in [0.25, 0.3) is 5.03 Å². The van der Waals surface area contributed by atoms with Crippen molar-refractivity contribution in [3.8, 4) is 0 Å². The molecule has 2 aliphatic rings. The SMILES string of the molecule is C[C@@H](NC(=O)CSc1cccc[n+]1[O-])[C@@H]1C[C@H]2CC[C@H]1C2. The third kappa shape index (κ3) is 3.34. The molecule has 2 saturated carbocycles. The van der Waals surface area contributed by atoms with Crippen LogP contribution in [0.4, 0.5) is 0 Å². The predicted molar refractivity (Wildman–Crippen MR) is 82.7 cm³/mol. The molecule has 1 heterocycles. The zero-order chi connectivity index (χ0) is 14.8. The Kier molecular flexibility index (Phi) is 4.38. The molecule has 1 aromatic rings. The average Bonchev–Trinajstić information content (AvgIpc) is 3.09. The minimum Gasteiger partial charge on any atom is -0.618 e. The number of fused-ring (bicyclic) bond motifs is 2. The van der Waals surface area contributed by atoms with Gasteiger partial charge < -0.3 is 10.5 Å². The van der Waals surface area contributed by atoms with Gasteiger partial charge in [0.15, 0.2) is 6.20 Å². The topological polar surface area (TPSA) is 56.0 Å². The molecule has 0 unspecified atom stereocenters. The molecule has 4 atom stereocenters. The van der Waals surface area contributed by atoms with E-state index in [9.17, 15) is 10.0 Å². The Morgan fingerprint density at radius 2 is 2.33 bits per heavy atom. The van der Waals surface area contributed by atoms with Gasteiger partial charge in [0.2, 0.25) is 5.91 Å². The molecule has 0 aromatic carbocycles. The van der Waals surface area contributed by atoms with E-state index in [2.05, 4.69) is 12.2 Å². The predicted octanol–water partition coefficient (Wildman–Crippen LogP) is 2.35. The Hall–Kier alpha value is -1.23. The summed E-state index contributed by atoms with van der Waals surface area (Å²) in [5.74, 6) is 2.70. The van der Waals surface area contributed by atoms with E-state index in [1.807, 2.05) is 6.07 Å². The number of hydrogen-bond acceptors (Lipinski definition) is 3. The van der Waals surface area contributed by atoms with E-state index in [1.165, 1.54) is 43.6 Å². The number of nitrogens with one attached hydrogen (secondary N) is 1. The van der Waals surface area contributed by atoms with Crippen molar-refractivity contribution in [2.45, 2.75) is 43.7 Å². The highest BCUT2D eigenvalue weighted by Gasteiger charge is 2.42. The third-order valence-electron chi connectivity index (χ3n) is 4.96. The Morgan fingerprint density at radius 3 is 3.00 bits per heavy atom. The van der Waals surface area contributed by atoms with Crippen LogP contribution in [0.25, 0.3) is 0 Å². The molecule has 0 radical (unpaired) electrons. The molecule has 2 fully saturated rings. The van der Waals surface area contributed by atoms with Gasteiger partial charge in [-0.05, 0) is 61.8 Å². The lowest BCUT2D eigenvalue weighted by molar-refractivity contribution is -0.645. The monoisotopic (exact) mass is 306 g/mol. The molecule has 2 bridgehead atoms. The maximum Gasteiger partial charge on any atom is 0.251 e. The van der Waals surface area contributed by atoms with E-state index in [-0.39, 0.29) is 11.9 Å². The smallest absolute Gasteiger partial charge is 0.251 e. The molecule has 1 aromatic heterocycles. The number of thioether (sulfide) groups is 1. The van der Waals surface area contributed by atoms with Crippen LogP contribution in [0.3, 0.4) is 0 Å². The maximum atomic E-state index is 12.1. The molecule has 1 amide bonds. The summed E-state index contributed by atoms with van der Waals surface area (Å²) >= 11 is 1.29. The molecule has 4 nitrogen and oxygen atoms in total. The minimum absolute atomic E-state index is 0.0270. The van der Waals surface area contributed by atoms with Crippen molar-refractivity contribution in [1.29, 1.82) is 0 Å². The normalized spacial score (nSPS) is 28.5. The highest BCUT2D eigenvalue weighted by atomic mass is 32.2. The number of carbonyl (C=O) groups excluding carboxylic acids is 1. The summed E-state index contributed by atoms with van der Waals surface area (Å²) in [5.41, 5.74) is 0. The molecule has 0 spiro atoms. The van der Waals surface area contributed by atoms with Crippen molar-refractivity contribution in [3.05, 3.63) is 29.6 Å². The number of pyridine rings is 1. The van der Waals surface area contributed by atoms with E-state index >= 15 is 0 Å². The van der Waals surface area contributed by atoms with Crippen LogP contribution in [0.1, 0.15) is 32.6 Å². The molecule has 0 saturated heterocycles. The van der Waals surface area contributed by atoms with Gasteiger partial charge in [0.05, 0.1) is 5.75 Å². The second-order valence-electron chi connectivity index (χ2n) is 6.35. The van der Waals surface area contributed by atoms with Crippen molar-refractivity contribution >= 4 is 17.7 Å². The second-order valence-corrected chi connectivity index (χ2v) is 7.34. The first-order valence-electron chi connectivity index (χ1n) is 7.74. The summed E-state index contributed by atoms with van der Waals surface area (Å²) in [4.78, 5) is 12.1. The molecule has 3 rings (SSSR count). The second kappa shape index (κ2) is 6.26. The van der Waals surface area contributed by atoms with E-state index in [1.54, 1.807) is 12.1 Å². The molecular formula is C16H22N2O2S. The van der Waals surface area contributed by atoms with Crippen LogP contribution in [0.2, 0.25) is 0 Å². The Morgan fingerprint density at radius 1 is 1.48 bits per heavy atom. The van der Waals surface area contributed by atoms with Gasteiger partial charge in [-0.3, -0.25) is 4.79 Å². The van der Waals surface area contributed by atoms with Crippen LogP contribution in [-0.2, 0) is 4.79 Å². The van der Waals surface area contributed by atoms with E-state index < -0.39 is 0 Å². The van der Waals surface area contributed by atoms with Gasteiger partial charge in [0, 0.05) is 18.2 Å². The maximum absolute atomic E-state index is 12.1. The molecular weight excluding hydrogens is 284 g/mol. The summed E-state index contributed by atoms with van der Waals surface area (Å²) < 4.78 is 0.803. The van der Waals surface area contributed by atoms with Gasteiger partial charge >= 0.3 is 0 Å². The van der Waals surface area contributed by atoms with Crippen LogP contribution in [-0.4, -0.2) is 17.7 Å². The van der Waals surface area contributed by atoms with Crippen LogP contribution in [0, 0.1) is 23.0 Å². The van der Waals surface area contributed by atoms with E-state index in [0.29, 0.717) is 16.7 Å². The number of rotatable bonds is 5. The van der Waals surface area contributed by atoms with Crippen molar-refractivity contribution in [2.24, 2.45) is 17.8 Å². The largest absolute Gasteiger partial charge is 0.618 e. The quantitative estimate of drug-likeness (QED) is 0.516. The molecule has 2 aliphatic carbocycles. The number of carbonyl (C=O) groups is 1. The van der Waals surface area contributed by atoms with E-state index in [4.69, 9.17) is 0 Å². The zero-order valence-corrected chi connectivity index (χ0v) is 13.1. The van der Waals surface area contributed by atoms with Crippen LogP contribution >= 0.6 is 11.8 Å². The molecule has 5 heteroatoms. The van der Waals surface area contributed by atoms with Crippen molar-refractivity contribution in [1.82, 2.24) is 5.32 Å². The summed E-state index contributed by atoms with van der Waals surface area (Å²) in [7, 11) is 0.